The summed E-state index contributed by atoms with van der Waals surface area (Å²) >= 11 is 0. The number of fused-ring (bicyclic) bond motifs is 2. The Morgan fingerprint density at radius 2 is 1.93 bits per heavy atom. The van der Waals surface area contributed by atoms with Crippen LogP contribution in [0, 0.1) is 43.1 Å². The number of hydrogen-bond donors (Lipinski definition) is 2. The molecule has 1 aromatic carbocycles. The average molecular weight is 392 g/mol. The van der Waals surface area contributed by atoms with E-state index in [9.17, 15) is 0 Å². The number of nitrogens with one attached hydrogen (secondary N) is 2. The van der Waals surface area contributed by atoms with Gasteiger partial charge in [0.2, 0.25) is 0 Å². The van der Waals surface area contributed by atoms with Gasteiger partial charge in [0, 0.05) is 24.2 Å². The lowest BCUT2D eigenvalue weighted by molar-refractivity contribution is 0.120. The molecule has 1 aliphatic carbocycles. The van der Waals surface area contributed by atoms with Crippen molar-refractivity contribution in [3.8, 4) is 12.0 Å². The van der Waals surface area contributed by atoms with Crippen molar-refractivity contribution in [3.05, 3.63) is 46.0 Å². The first kappa shape index (κ1) is 21.7. The van der Waals surface area contributed by atoms with Crippen LogP contribution >= 0.6 is 0 Å². The van der Waals surface area contributed by atoms with Crippen LogP contribution in [0.3, 0.4) is 0 Å². The van der Waals surface area contributed by atoms with E-state index in [1.807, 2.05) is 6.92 Å². The van der Waals surface area contributed by atoms with Crippen molar-refractivity contribution in [2.45, 2.75) is 79.2 Å². The number of allylic oxidation sites excluding steroid dienone is 2. The Bertz CT molecular complexity index is 819. The predicted octanol–water partition coefficient (Wildman–Crippen LogP) is 5.76. The van der Waals surface area contributed by atoms with Crippen LogP contribution in [0.2, 0.25) is 0 Å². The smallest absolute Gasteiger partial charge is 0.0648 e. The van der Waals surface area contributed by atoms with E-state index in [0.29, 0.717) is 12.0 Å². The topological polar surface area (TPSA) is 39.1 Å². The van der Waals surface area contributed by atoms with Gasteiger partial charge in [-0.25, -0.2) is 5.01 Å². The highest BCUT2D eigenvalue weighted by atomic mass is 15.5. The number of rotatable bonds is 8. The van der Waals surface area contributed by atoms with Crippen molar-refractivity contribution in [1.82, 2.24) is 10.4 Å². The lowest BCUT2D eigenvalue weighted by Crippen LogP contribution is -2.45. The highest BCUT2D eigenvalue weighted by Gasteiger charge is 2.44. The zero-order chi connectivity index (χ0) is 21.0. The second-order valence-electron chi connectivity index (χ2n) is 8.99. The number of hydrogen-bond acceptors (Lipinski definition) is 3. The zero-order valence-corrected chi connectivity index (χ0v) is 18.9. The van der Waals surface area contributed by atoms with Crippen LogP contribution in [0.4, 0.5) is 0 Å². The first-order chi connectivity index (χ1) is 14.0. The molecule has 3 heteroatoms. The lowest BCUT2D eigenvalue weighted by atomic mass is 9.85. The number of nitrogens with zero attached hydrogens (tertiary/aromatic N) is 1. The minimum absolute atomic E-state index is 0.600. The van der Waals surface area contributed by atoms with E-state index in [1.165, 1.54) is 41.5 Å². The highest BCUT2D eigenvalue weighted by Crippen LogP contribution is 2.43. The maximum Gasteiger partial charge on any atom is 0.0648 e. The second-order valence-corrected chi connectivity index (χ2v) is 8.99. The van der Waals surface area contributed by atoms with E-state index in [4.69, 9.17) is 5.41 Å². The Balaban J connectivity index is 1.76. The summed E-state index contributed by atoms with van der Waals surface area (Å²) in [5.74, 6) is 4.46. The molecule has 3 nitrogen and oxygen atoms in total. The summed E-state index contributed by atoms with van der Waals surface area (Å²) in [6.45, 7) is 11.8. The fraction of sp³-hybridized carbons (Fsp3) is 0.577. The fourth-order valence-corrected chi connectivity index (χ4v) is 5.49. The molecule has 0 amide bonds. The van der Waals surface area contributed by atoms with Crippen molar-refractivity contribution in [3.63, 3.8) is 0 Å². The molecule has 0 aromatic heterocycles. The summed E-state index contributed by atoms with van der Waals surface area (Å²) in [4.78, 5) is 0. The van der Waals surface area contributed by atoms with E-state index < -0.39 is 0 Å². The molecule has 2 fully saturated rings. The summed E-state index contributed by atoms with van der Waals surface area (Å²) in [7, 11) is 0. The van der Waals surface area contributed by atoms with Crippen LogP contribution in [-0.4, -0.2) is 23.3 Å². The van der Waals surface area contributed by atoms with Gasteiger partial charge in [-0.2, -0.15) is 0 Å². The molecule has 2 aliphatic rings. The number of aryl methyl sites for hydroxylation is 2. The van der Waals surface area contributed by atoms with E-state index in [0.717, 1.165) is 43.0 Å². The van der Waals surface area contributed by atoms with Crippen molar-refractivity contribution in [2.75, 3.05) is 6.54 Å². The Morgan fingerprint density at radius 3 is 2.55 bits per heavy atom. The van der Waals surface area contributed by atoms with E-state index in [-0.39, 0.29) is 0 Å². The van der Waals surface area contributed by atoms with Gasteiger partial charge in [0.05, 0.1) is 5.71 Å². The molecule has 3 atom stereocenters. The quantitative estimate of drug-likeness (QED) is 0.336. The molecule has 3 unspecified atom stereocenters. The minimum atomic E-state index is 0.600. The van der Waals surface area contributed by atoms with E-state index in [1.54, 1.807) is 0 Å². The molecule has 29 heavy (non-hydrogen) atoms. The SMILES string of the molecule is CC#CNN1CC2CC(CC/C(C(=N)c3c(C)cccc3C)=C(/C)CCC)C1C2. The van der Waals surface area contributed by atoms with Crippen LogP contribution < -0.4 is 5.43 Å². The van der Waals surface area contributed by atoms with E-state index >= 15 is 0 Å². The molecule has 3 rings (SSSR count). The summed E-state index contributed by atoms with van der Waals surface area (Å²) in [6, 6.07) is 10.0. The maximum absolute atomic E-state index is 9.09. The molecule has 156 valence electrons. The average Bonchev–Trinajstić information content (AvgIpc) is 3.27. The largest absolute Gasteiger partial charge is 0.300 e. The lowest BCUT2D eigenvalue weighted by Gasteiger charge is -2.32. The van der Waals surface area contributed by atoms with Crippen molar-refractivity contribution in [2.24, 2.45) is 11.8 Å². The van der Waals surface area contributed by atoms with Gasteiger partial charge in [-0.15, -0.1) is 0 Å². The Kier molecular flexibility index (Phi) is 7.19. The zero-order valence-electron chi connectivity index (χ0n) is 18.9. The third-order valence-electron chi connectivity index (χ3n) is 6.87. The first-order valence-corrected chi connectivity index (χ1v) is 11.2. The number of piperidine rings is 1. The van der Waals surface area contributed by atoms with Gasteiger partial charge in [0.15, 0.2) is 0 Å². The molecule has 2 bridgehead atoms. The fourth-order valence-electron chi connectivity index (χ4n) is 5.49. The van der Waals surface area contributed by atoms with Gasteiger partial charge >= 0.3 is 0 Å². The monoisotopic (exact) mass is 391 g/mol. The van der Waals surface area contributed by atoms with Gasteiger partial charge in [-0.1, -0.05) is 43.0 Å². The van der Waals surface area contributed by atoms with Crippen molar-refractivity contribution in [1.29, 1.82) is 5.41 Å². The summed E-state index contributed by atoms with van der Waals surface area (Å²) < 4.78 is 0. The normalized spacial score (nSPS) is 24.1. The molecular formula is C26H37N3. The van der Waals surface area contributed by atoms with E-state index in [2.05, 4.69) is 68.3 Å². The van der Waals surface area contributed by atoms with Crippen LogP contribution in [0.5, 0.6) is 0 Å². The molecule has 1 aromatic rings. The van der Waals surface area contributed by atoms with Gasteiger partial charge in [0.25, 0.3) is 0 Å². The van der Waals surface area contributed by atoms with Crippen LogP contribution in [0.1, 0.15) is 76.0 Å². The third kappa shape index (κ3) is 4.75. The molecule has 1 saturated carbocycles. The van der Waals surface area contributed by atoms with Crippen LogP contribution in [0.15, 0.2) is 29.3 Å². The van der Waals surface area contributed by atoms with Gasteiger partial charge in [0.1, 0.15) is 0 Å². The second kappa shape index (κ2) is 9.63. The van der Waals surface area contributed by atoms with Crippen LogP contribution in [0.25, 0.3) is 0 Å². The number of benzene rings is 1. The molecule has 0 radical (unpaired) electrons. The van der Waals surface area contributed by atoms with Crippen LogP contribution in [-0.2, 0) is 0 Å². The molecule has 0 spiro atoms. The molecular weight excluding hydrogens is 354 g/mol. The minimum Gasteiger partial charge on any atom is -0.300 e. The summed E-state index contributed by atoms with van der Waals surface area (Å²) in [6.07, 6.45) is 7.03. The summed E-state index contributed by atoms with van der Waals surface area (Å²) in [5, 5.41) is 11.5. The molecule has 1 aliphatic heterocycles. The standard InChI is InChI=1S/C26H37N3/c1-6-9-18(3)23(26(27)25-19(4)10-8-11-20(25)5)13-12-22-15-21-16-24(22)29(17-21)28-14-7-2/h8,10-11,21-22,24,27-28H,6,9,12-13,15-17H2,1-5H3/b23-18+,27-26?. The van der Waals surface area contributed by atoms with Gasteiger partial charge < -0.3 is 0 Å². The molecule has 1 saturated heterocycles. The molecule has 1 heterocycles. The van der Waals surface area contributed by atoms with Gasteiger partial charge in [-0.3, -0.25) is 10.8 Å². The first-order valence-electron chi connectivity index (χ1n) is 11.2. The predicted molar refractivity (Wildman–Crippen MR) is 123 cm³/mol. The Hall–Kier alpha value is -2.05. The van der Waals surface area contributed by atoms with Crippen molar-refractivity contribution < 1.29 is 0 Å². The highest BCUT2D eigenvalue weighted by molar-refractivity contribution is 6.12. The summed E-state index contributed by atoms with van der Waals surface area (Å²) in [5.41, 5.74) is 10.3. The maximum atomic E-state index is 9.09. The Morgan fingerprint density at radius 1 is 1.21 bits per heavy atom. The molecule has 2 N–H and O–H groups in total. The Labute approximate surface area is 177 Å². The third-order valence-corrected chi connectivity index (χ3v) is 6.87. The number of hydrazine groups is 1. The van der Waals surface area contributed by atoms with Crippen molar-refractivity contribution >= 4 is 5.71 Å². The van der Waals surface area contributed by atoms with Gasteiger partial charge in [-0.05, 0) is 88.3 Å².